The quantitative estimate of drug-likeness (QED) is 0.655. The summed E-state index contributed by atoms with van der Waals surface area (Å²) in [4.78, 5) is 12.3. The Hall–Kier alpha value is -1.11. The van der Waals surface area contributed by atoms with E-state index < -0.39 is 0 Å². The van der Waals surface area contributed by atoms with E-state index in [1.54, 1.807) is 0 Å². The molecule has 0 unspecified atom stereocenters. The van der Waals surface area contributed by atoms with Gasteiger partial charge < -0.3 is 0 Å². The Kier molecular flexibility index (Phi) is 3.42. The average Bonchev–Trinajstić information content (AvgIpc) is 2.97. The summed E-state index contributed by atoms with van der Waals surface area (Å²) >= 11 is 0. The molecule has 0 aromatic carbocycles. The van der Waals surface area contributed by atoms with E-state index in [1.807, 2.05) is 0 Å². The topological polar surface area (TPSA) is 17.1 Å². The van der Waals surface area contributed by atoms with Crippen molar-refractivity contribution in [3.05, 3.63) is 35.5 Å². The van der Waals surface area contributed by atoms with Gasteiger partial charge in [0, 0.05) is 11.8 Å². The van der Waals surface area contributed by atoms with Crippen LogP contribution in [0.5, 0.6) is 0 Å². The van der Waals surface area contributed by atoms with Gasteiger partial charge in [-0.3, -0.25) is 4.79 Å². The van der Waals surface area contributed by atoms with Crippen LogP contribution >= 0.6 is 0 Å². The van der Waals surface area contributed by atoms with Crippen LogP contribution in [0.3, 0.4) is 0 Å². The highest BCUT2D eigenvalue weighted by Crippen LogP contribution is 2.35. The van der Waals surface area contributed by atoms with Crippen LogP contribution in [-0.2, 0) is 4.79 Å². The highest BCUT2D eigenvalue weighted by molar-refractivity contribution is 5.98. The second kappa shape index (κ2) is 4.82. The van der Waals surface area contributed by atoms with E-state index >= 15 is 0 Å². The Morgan fingerprint density at radius 3 is 2.94 bits per heavy atom. The minimum atomic E-state index is 0.181. The van der Waals surface area contributed by atoms with Crippen LogP contribution in [0.4, 0.5) is 0 Å². The summed E-state index contributed by atoms with van der Waals surface area (Å²) in [6, 6.07) is 0. The van der Waals surface area contributed by atoms with Crippen molar-refractivity contribution in [3.8, 4) is 0 Å². The van der Waals surface area contributed by atoms with Crippen LogP contribution in [0.1, 0.15) is 39.5 Å². The molecule has 2 atom stereocenters. The molecule has 2 aliphatic carbocycles. The van der Waals surface area contributed by atoms with Crippen molar-refractivity contribution in [2.45, 2.75) is 39.5 Å². The molecular weight excluding hydrogens is 196 g/mol. The third-order valence-electron chi connectivity index (χ3n) is 3.84. The minimum Gasteiger partial charge on any atom is -0.294 e. The van der Waals surface area contributed by atoms with Gasteiger partial charge in [-0.05, 0) is 45.1 Å². The molecule has 0 heterocycles. The summed E-state index contributed by atoms with van der Waals surface area (Å²) in [5, 5.41) is 0. The van der Waals surface area contributed by atoms with Crippen molar-refractivity contribution >= 4 is 5.78 Å². The molecule has 0 amide bonds. The summed E-state index contributed by atoms with van der Waals surface area (Å²) in [7, 11) is 0. The molecule has 0 spiro atoms. The SMILES string of the molecule is C/C=C(/C)[C@@H]1C=CC[C@@H]1C(=O)C1=CCCC1. The molecular formula is C15H20O. The predicted octanol–water partition coefficient (Wildman–Crippen LogP) is 3.82. The maximum absolute atomic E-state index is 12.3. The number of Topliss-reactive ketones (excluding diaryl/α,β-unsaturated/α-hetero) is 1. The molecule has 16 heavy (non-hydrogen) atoms. The van der Waals surface area contributed by atoms with E-state index in [-0.39, 0.29) is 5.92 Å². The Morgan fingerprint density at radius 2 is 2.31 bits per heavy atom. The van der Waals surface area contributed by atoms with Gasteiger partial charge in [0.25, 0.3) is 0 Å². The maximum atomic E-state index is 12.3. The summed E-state index contributed by atoms with van der Waals surface area (Å²) in [6.45, 7) is 4.18. The molecule has 0 bridgehead atoms. The van der Waals surface area contributed by atoms with Crippen molar-refractivity contribution in [2.24, 2.45) is 11.8 Å². The van der Waals surface area contributed by atoms with Crippen LogP contribution in [-0.4, -0.2) is 5.78 Å². The Balaban J connectivity index is 2.12. The largest absolute Gasteiger partial charge is 0.294 e. The molecule has 0 aromatic heterocycles. The highest BCUT2D eigenvalue weighted by Gasteiger charge is 2.32. The first-order valence-electron chi connectivity index (χ1n) is 6.26. The lowest BCUT2D eigenvalue weighted by atomic mass is 9.83. The van der Waals surface area contributed by atoms with Crippen molar-refractivity contribution in [1.82, 2.24) is 0 Å². The van der Waals surface area contributed by atoms with E-state index in [0.29, 0.717) is 11.7 Å². The van der Waals surface area contributed by atoms with Gasteiger partial charge in [0.15, 0.2) is 5.78 Å². The Morgan fingerprint density at radius 1 is 1.50 bits per heavy atom. The number of carbonyl (C=O) groups is 1. The zero-order valence-electron chi connectivity index (χ0n) is 10.2. The lowest BCUT2D eigenvalue weighted by Crippen LogP contribution is -2.21. The van der Waals surface area contributed by atoms with Crippen LogP contribution < -0.4 is 0 Å². The normalized spacial score (nSPS) is 29.6. The fourth-order valence-corrected chi connectivity index (χ4v) is 2.72. The smallest absolute Gasteiger partial charge is 0.162 e. The van der Waals surface area contributed by atoms with E-state index in [9.17, 15) is 4.79 Å². The molecule has 1 nitrogen and oxygen atoms in total. The van der Waals surface area contributed by atoms with Crippen molar-refractivity contribution in [2.75, 3.05) is 0 Å². The predicted molar refractivity (Wildman–Crippen MR) is 67.1 cm³/mol. The average molecular weight is 216 g/mol. The van der Waals surface area contributed by atoms with Gasteiger partial charge >= 0.3 is 0 Å². The maximum Gasteiger partial charge on any atom is 0.162 e. The lowest BCUT2D eigenvalue weighted by Gasteiger charge is -2.19. The Bertz CT molecular complexity index is 371. The molecule has 2 aliphatic rings. The second-order valence-electron chi connectivity index (χ2n) is 4.81. The molecule has 0 radical (unpaired) electrons. The lowest BCUT2D eigenvalue weighted by molar-refractivity contribution is -0.119. The molecule has 0 fully saturated rings. The first kappa shape index (κ1) is 11.4. The minimum absolute atomic E-state index is 0.181. The number of hydrogen-bond acceptors (Lipinski definition) is 1. The summed E-state index contributed by atoms with van der Waals surface area (Å²) < 4.78 is 0. The second-order valence-corrected chi connectivity index (χ2v) is 4.81. The van der Waals surface area contributed by atoms with Crippen LogP contribution in [0.25, 0.3) is 0 Å². The molecule has 0 saturated carbocycles. The third kappa shape index (κ3) is 2.04. The zero-order chi connectivity index (χ0) is 11.5. The summed E-state index contributed by atoms with van der Waals surface area (Å²) in [5.41, 5.74) is 2.41. The number of carbonyl (C=O) groups excluding carboxylic acids is 1. The van der Waals surface area contributed by atoms with E-state index in [0.717, 1.165) is 31.3 Å². The van der Waals surface area contributed by atoms with Crippen molar-refractivity contribution < 1.29 is 4.79 Å². The fraction of sp³-hybridized carbons (Fsp3) is 0.533. The van der Waals surface area contributed by atoms with E-state index in [2.05, 4.69) is 38.2 Å². The molecule has 86 valence electrons. The molecule has 0 aromatic rings. The standard InChI is InChI=1S/C15H20O/c1-3-11(2)13-9-6-10-14(13)15(16)12-7-4-5-8-12/h3,6-7,9,13-14H,4-5,8,10H2,1-2H3/b11-3-/t13-,14-/m0/s1. The number of ketones is 1. The molecule has 1 heteroatoms. The van der Waals surface area contributed by atoms with Gasteiger partial charge in [-0.2, -0.15) is 0 Å². The molecule has 2 rings (SSSR count). The van der Waals surface area contributed by atoms with Gasteiger partial charge in [0.2, 0.25) is 0 Å². The highest BCUT2D eigenvalue weighted by atomic mass is 16.1. The van der Waals surface area contributed by atoms with E-state index in [4.69, 9.17) is 0 Å². The van der Waals surface area contributed by atoms with Crippen molar-refractivity contribution in [1.29, 1.82) is 0 Å². The van der Waals surface area contributed by atoms with Gasteiger partial charge in [0.1, 0.15) is 0 Å². The zero-order valence-corrected chi connectivity index (χ0v) is 10.2. The van der Waals surface area contributed by atoms with E-state index in [1.165, 1.54) is 5.57 Å². The van der Waals surface area contributed by atoms with Gasteiger partial charge in [-0.25, -0.2) is 0 Å². The molecule has 0 N–H and O–H groups in total. The van der Waals surface area contributed by atoms with Gasteiger partial charge in [-0.1, -0.05) is 29.9 Å². The van der Waals surface area contributed by atoms with Gasteiger partial charge in [0.05, 0.1) is 0 Å². The molecule has 0 aliphatic heterocycles. The molecule has 0 saturated heterocycles. The number of hydrogen-bond donors (Lipinski definition) is 0. The first-order chi connectivity index (χ1) is 7.74. The van der Waals surface area contributed by atoms with Crippen molar-refractivity contribution in [3.63, 3.8) is 0 Å². The third-order valence-corrected chi connectivity index (χ3v) is 3.84. The van der Waals surface area contributed by atoms with Crippen LogP contribution in [0.2, 0.25) is 0 Å². The number of rotatable bonds is 3. The monoisotopic (exact) mass is 216 g/mol. The first-order valence-corrected chi connectivity index (χ1v) is 6.26. The van der Waals surface area contributed by atoms with Crippen LogP contribution in [0, 0.1) is 11.8 Å². The summed E-state index contributed by atoms with van der Waals surface area (Å²) in [6.07, 6.45) is 12.8. The van der Waals surface area contributed by atoms with Crippen LogP contribution in [0.15, 0.2) is 35.5 Å². The summed E-state index contributed by atoms with van der Waals surface area (Å²) in [5.74, 6) is 0.924. The number of allylic oxidation sites excluding steroid dienone is 6. The fourth-order valence-electron chi connectivity index (χ4n) is 2.72. The Labute approximate surface area is 97.9 Å². The van der Waals surface area contributed by atoms with Gasteiger partial charge in [-0.15, -0.1) is 0 Å².